The SMILES string of the molecule is CC(C)C(=O)N1CCC2(CCCN(CCC3CCCCC3)C2=O)C1. The molecule has 1 saturated carbocycles. The Morgan fingerprint density at radius 3 is 2.58 bits per heavy atom. The molecule has 2 saturated heterocycles. The molecule has 3 aliphatic rings. The van der Waals surface area contributed by atoms with E-state index in [1.54, 1.807) is 0 Å². The number of rotatable bonds is 4. The van der Waals surface area contributed by atoms with Gasteiger partial charge in [-0.25, -0.2) is 0 Å². The minimum Gasteiger partial charge on any atom is -0.342 e. The molecule has 1 aliphatic carbocycles. The lowest BCUT2D eigenvalue weighted by atomic mass is 9.78. The van der Waals surface area contributed by atoms with Crippen molar-refractivity contribution >= 4 is 11.8 Å². The van der Waals surface area contributed by atoms with Crippen LogP contribution in [0, 0.1) is 17.3 Å². The fourth-order valence-corrected chi connectivity index (χ4v) is 4.98. The molecule has 2 amide bonds. The Labute approximate surface area is 146 Å². The maximum Gasteiger partial charge on any atom is 0.230 e. The highest BCUT2D eigenvalue weighted by Gasteiger charge is 2.49. The molecule has 1 spiro atoms. The molecule has 2 aliphatic heterocycles. The maximum atomic E-state index is 13.1. The molecule has 0 aromatic heterocycles. The van der Waals surface area contributed by atoms with Crippen LogP contribution in [-0.4, -0.2) is 47.8 Å². The summed E-state index contributed by atoms with van der Waals surface area (Å²) >= 11 is 0. The summed E-state index contributed by atoms with van der Waals surface area (Å²) in [6.45, 7) is 7.18. The molecule has 136 valence electrons. The van der Waals surface area contributed by atoms with E-state index >= 15 is 0 Å². The van der Waals surface area contributed by atoms with Crippen molar-refractivity contribution in [1.82, 2.24) is 9.80 Å². The highest BCUT2D eigenvalue weighted by Crippen LogP contribution is 2.40. The predicted molar refractivity (Wildman–Crippen MR) is 95.5 cm³/mol. The van der Waals surface area contributed by atoms with Crippen molar-refractivity contribution in [2.24, 2.45) is 17.3 Å². The van der Waals surface area contributed by atoms with Crippen molar-refractivity contribution in [3.8, 4) is 0 Å². The van der Waals surface area contributed by atoms with Gasteiger partial charge in [0.2, 0.25) is 11.8 Å². The molecule has 0 aromatic rings. The quantitative estimate of drug-likeness (QED) is 0.790. The average Bonchev–Trinajstić information content (AvgIpc) is 3.01. The summed E-state index contributed by atoms with van der Waals surface area (Å²) in [4.78, 5) is 29.5. The summed E-state index contributed by atoms with van der Waals surface area (Å²) in [5, 5.41) is 0. The average molecular weight is 335 g/mol. The zero-order valence-corrected chi connectivity index (χ0v) is 15.6. The van der Waals surface area contributed by atoms with Gasteiger partial charge < -0.3 is 9.80 Å². The van der Waals surface area contributed by atoms with Gasteiger partial charge >= 0.3 is 0 Å². The van der Waals surface area contributed by atoms with Gasteiger partial charge in [-0.2, -0.15) is 0 Å². The first-order valence-corrected chi connectivity index (χ1v) is 10.1. The van der Waals surface area contributed by atoms with Crippen LogP contribution in [0.1, 0.15) is 71.6 Å². The van der Waals surface area contributed by atoms with Crippen LogP contribution in [0.25, 0.3) is 0 Å². The monoisotopic (exact) mass is 334 g/mol. The lowest BCUT2D eigenvalue weighted by Gasteiger charge is -2.40. The van der Waals surface area contributed by atoms with E-state index in [4.69, 9.17) is 0 Å². The van der Waals surface area contributed by atoms with E-state index in [-0.39, 0.29) is 17.2 Å². The van der Waals surface area contributed by atoms with E-state index < -0.39 is 0 Å². The Bertz CT molecular complexity index is 470. The number of nitrogens with zero attached hydrogens (tertiary/aromatic N) is 2. The second-order valence-corrected chi connectivity index (χ2v) is 8.63. The predicted octanol–water partition coefficient (Wildman–Crippen LogP) is 3.45. The summed E-state index contributed by atoms with van der Waals surface area (Å²) in [7, 11) is 0. The molecular weight excluding hydrogens is 300 g/mol. The molecule has 0 radical (unpaired) electrons. The number of piperidine rings is 1. The van der Waals surface area contributed by atoms with Crippen molar-refractivity contribution in [3.05, 3.63) is 0 Å². The molecule has 1 atom stereocenters. The molecule has 3 fully saturated rings. The van der Waals surface area contributed by atoms with E-state index in [0.717, 1.165) is 44.8 Å². The van der Waals surface area contributed by atoms with Gasteiger partial charge in [0.15, 0.2) is 0 Å². The first kappa shape index (κ1) is 17.8. The summed E-state index contributed by atoms with van der Waals surface area (Å²) in [5.41, 5.74) is -0.268. The largest absolute Gasteiger partial charge is 0.342 e. The molecule has 3 rings (SSSR count). The molecule has 2 heterocycles. The Morgan fingerprint density at radius 2 is 1.88 bits per heavy atom. The van der Waals surface area contributed by atoms with Crippen LogP contribution in [0.3, 0.4) is 0 Å². The lowest BCUT2D eigenvalue weighted by Crippen LogP contribution is -2.51. The van der Waals surface area contributed by atoms with E-state index in [1.807, 2.05) is 18.7 Å². The fourth-order valence-electron chi connectivity index (χ4n) is 4.98. The summed E-state index contributed by atoms with van der Waals surface area (Å²) in [6.07, 6.45) is 10.9. The van der Waals surface area contributed by atoms with E-state index in [1.165, 1.54) is 38.5 Å². The molecular formula is C20H34N2O2. The number of hydrogen-bond donors (Lipinski definition) is 0. The van der Waals surface area contributed by atoms with Crippen LogP contribution < -0.4 is 0 Å². The molecule has 24 heavy (non-hydrogen) atoms. The lowest BCUT2D eigenvalue weighted by molar-refractivity contribution is -0.146. The number of carbonyl (C=O) groups excluding carboxylic acids is 2. The van der Waals surface area contributed by atoms with Crippen molar-refractivity contribution in [2.75, 3.05) is 26.2 Å². The van der Waals surface area contributed by atoms with Crippen LogP contribution >= 0.6 is 0 Å². The highest BCUT2D eigenvalue weighted by molar-refractivity contribution is 5.86. The van der Waals surface area contributed by atoms with Crippen molar-refractivity contribution in [1.29, 1.82) is 0 Å². The van der Waals surface area contributed by atoms with Crippen molar-refractivity contribution in [3.63, 3.8) is 0 Å². The summed E-state index contributed by atoms with van der Waals surface area (Å²) in [5.74, 6) is 1.40. The van der Waals surface area contributed by atoms with Gasteiger partial charge in [0.05, 0.1) is 5.41 Å². The van der Waals surface area contributed by atoms with Crippen LogP contribution in [0.5, 0.6) is 0 Å². The molecule has 1 unspecified atom stereocenters. The third-order valence-electron chi connectivity index (χ3n) is 6.52. The van der Waals surface area contributed by atoms with Gasteiger partial charge in [0, 0.05) is 32.1 Å². The minimum atomic E-state index is -0.268. The molecule has 4 heteroatoms. The number of hydrogen-bond acceptors (Lipinski definition) is 2. The highest BCUT2D eigenvalue weighted by atomic mass is 16.2. The van der Waals surface area contributed by atoms with Gasteiger partial charge in [0.25, 0.3) is 0 Å². The van der Waals surface area contributed by atoms with Crippen molar-refractivity contribution in [2.45, 2.75) is 71.6 Å². The van der Waals surface area contributed by atoms with E-state index in [9.17, 15) is 9.59 Å². The molecule has 0 N–H and O–H groups in total. The fraction of sp³-hybridized carbons (Fsp3) is 0.900. The molecule has 0 aromatic carbocycles. The second kappa shape index (κ2) is 7.45. The first-order valence-electron chi connectivity index (χ1n) is 10.1. The number of amides is 2. The third kappa shape index (κ3) is 3.62. The topological polar surface area (TPSA) is 40.6 Å². The van der Waals surface area contributed by atoms with Crippen LogP contribution in [0.2, 0.25) is 0 Å². The maximum absolute atomic E-state index is 13.1. The first-order chi connectivity index (χ1) is 11.5. The van der Waals surface area contributed by atoms with Gasteiger partial charge in [-0.1, -0.05) is 46.0 Å². The Hall–Kier alpha value is -1.06. The van der Waals surface area contributed by atoms with Crippen LogP contribution in [-0.2, 0) is 9.59 Å². The molecule has 0 bridgehead atoms. The van der Waals surface area contributed by atoms with Gasteiger partial charge in [-0.05, 0) is 31.6 Å². The zero-order valence-electron chi connectivity index (χ0n) is 15.6. The van der Waals surface area contributed by atoms with Gasteiger partial charge in [0.1, 0.15) is 0 Å². The van der Waals surface area contributed by atoms with Crippen LogP contribution in [0.15, 0.2) is 0 Å². The smallest absolute Gasteiger partial charge is 0.230 e. The second-order valence-electron chi connectivity index (χ2n) is 8.63. The van der Waals surface area contributed by atoms with E-state index in [2.05, 4.69) is 4.90 Å². The standard InChI is InChI=1S/C20H34N2O2/c1-16(2)18(23)22-14-11-20(15-22)10-6-12-21(19(20)24)13-9-17-7-4-3-5-8-17/h16-17H,3-15H2,1-2H3. The third-order valence-corrected chi connectivity index (χ3v) is 6.52. The Kier molecular flexibility index (Phi) is 5.51. The zero-order chi connectivity index (χ0) is 17.2. The normalized spacial score (nSPS) is 29.0. The molecule has 4 nitrogen and oxygen atoms in total. The van der Waals surface area contributed by atoms with Gasteiger partial charge in [-0.3, -0.25) is 9.59 Å². The number of carbonyl (C=O) groups is 2. The van der Waals surface area contributed by atoms with Gasteiger partial charge in [-0.15, -0.1) is 0 Å². The summed E-state index contributed by atoms with van der Waals surface area (Å²) in [6, 6.07) is 0. The van der Waals surface area contributed by atoms with Crippen LogP contribution in [0.4, 0.5) is 0 Å². The van der Waals surface area contributed by atoms with E-state index in [0.29, 0.717) is 12.5 Å². The Morgan fingerprint density at radius 1 is 1.12 bits per heavy atom. The Balaban J connectivity index is 1.57. The summed E-state index contributed by atoms with van der Waals surface area (Å²) < 4.78 is 0. The number of likely N-dealkylation sites (tertiary alicyclic amines) is 2. The van der Waals surface area contributed by atoms with Crippen molar-refractivity contribution < 1.29 is 9.59 Å². The minimum absolute atomic E-state index is 0.0289.